The molecule has 0 amide bonds. The number of carbonyl (C=O) groups is 1. The Morgan fingerprint density at radius 2 is 2.26 bits per heavy atom. The number of furan rings is 1. The molecule has 2 aromatic rings. The molecule has 7 heteroatoms. The van der Waals surface area contributed by atoms with Gasteiger partial charge in [0.1, 0.15) is 0 Å². The standard InChI is InChI=1S/C12H14N2O4S/c1-3-8-6-9(14(2)13-8)7-19(17)11-5-4-10(18-11)12(15)16/h4-6H,3,7H2,1-2H3,(H,15,16). The van der Waals surface area contributed by atoms with Crippen LogP contribution in [0, 0.1) is 0 Å². The van der Waals surface area contributed by atoms with E-state index in [4.69, 9.17) is 9.52 Å². The van der Waals surface area contributed by atoms with E-state index in [1.54, 1.807) is 11.7 Å². The van der Waals surface area contributed by atoms with Crippen LogP contribution in [0.5, 0.6) is 0 Å². The average Bonchev–Trinajstić information content (AvgIpc) is 2.97. The summed E-state index contributed by atoms with van der Waals surface area (Å²) >= 11 is 0. The van der Waals surface area contributed by atoms with Crippen LogP contribution in [0.15, 0.2) is 27.7 Å². The van der Waals surface area contributed by atoms with Crippen molar-refractivity contribution in [3.05, 3.63) is 35.3 Å². The summed E-state index contributed by atoms with van der Waals surface area (Å²) in [5.41, 5.74) is 1.75. The highest BCUT2D eigenvalue weighted by Crippen LogP contribution is 2.16. The molecule has 2 rings (SSSR count). The second-order valence-electron chi connectivity index (χ2n) is 4.02. The molecule has 0 aliphatic carbocycles. The lowest BCUT2D eigenvalue weighted by Crippen LogP contribution is -2.02. The molecule has 1 atom stereocenters. The van der Waals surface area contributed by atoms with Crippen molar-refractivity contribution in [2.75, 3.05) is 0 Å². The summed E-state index contributed by atoms with van der Waals surface area (Å²) in [6.45, 7) is 1.99. The lowest BCUT2D eigenvalue weighted by molar-refractivity contribution is 0.0656. The number of nitrogens with zero attached hydrogens (tertiary/aromatic N) is 2. The lowest BCUT2D eigenvalue weighted by atomic mass is 10.3. The molecule has 1 N–H and O–H groups in total. The van der Waals surface area contributed by atoms with Gasteiger partial charge in [0.25, 0.3) is 0 Å². The Morgan fingerprint density at radius 1 is 1.53 bits per heavy atom. The zero-order valence-electron chi connectivity index (χ0n) is 10.6. The second-order valence-corrected chi connectivity index (χ2v) is 5.40. The monoisotopic (exact) mass is 282 g/mol. The molecule has 19 heavy (non-hydrogen) atoms. The van der Waals surface area contributed by atoms with E-state index >= 15 is 0 Å². The summed E-state index contributed by atoms with van der Waals surface area (Å²) in [5, 5.41) is 13.2. The topological polar surface area (TPSA) is 85.3 Å². The molecular formula is C12H14N2O4S. The highest BCUT2D eigenvalue weighted by Gasteiger charge is 2.16. The molecule has 0 radical (unpaired) electrons. The first-order valence-corrected chi connectivity index (χ1v) is 7.06. The fraction of sp³-hybridized carbons (Fsp3) is 0.333. The number of aryl methyl sites for hydroxylation is 2. The summed E-state index contributed by atoms with van der Waals surface area (Å²) in [7, 11) is 0.368. The van der Waals surface area contributed by atoms with E-state index in [1.165, 1.54) is 12.1 Å². The fourth-order valence-electron chi connectivity index (χ4n) is 1.64. The molecule has 2 aromatic heterocycles. The van der Waals surface area contributed by atoms with Gasteiger partial charge < -0.3 is 9.52 Å². The van der Waals surface area contributed by atoms with Gasteiger partial charge in [-0.3, -0.25) is 8.89 Å². The van der Waals surface area contributed by atoms with Gasteiger partial charge in [0.05, 0.1) is 27.9 Å². The molecule has 0 saturated heterocycles. The molecule has 0 fully saturated rings. The lowest BCUT2D eigenvalue weighted by Gasteiger charge is -1.99. The fourth-order valence-corrected chi connectivity index (χ4v) is 2.73. The number of rotatable bonds is 5. The van der Waals surface area contributed by atoms with Gasteiger partial charge in [-0.15, -0.1) is 0 Å². The van der Waals surface area contributed by atoms with Crippen LogP contribution in [0.1, 0.15) is 28.9 Å². The van der Waals surface area contributed by atoms with Gasteiger partial charge in [-0.05, 0) is 24.6 Å². The van der Waals surface area contributed by atoms with Crippen molar-refractivity contribution in [1.82, 2.24) is 9.78 Å². The van der Waals surface area contributed by atoms with Gasteiger partial charge in [0, 0.05) is 7.05 Å². The maximum Gasteiger partial charge on any atom is 0.371 e. The molecule has 2 heterocycles. The second kappa shape index (κ2) is 5.40. The van der Waals surface area contributed by atoms with Crippen LogP contribution in [-0.4, -0.2) is 25.1 Å². The first-order valence-electron chi connectivity index (χ1n) is 5.74. The molecule has 0 spiro atoms. The minimum atomic E-state index is -1.42. The van der Waals surface area contributed by atoms with Gasteiger partial charge in [0.15, 0.2) is 5.09 Å². The van der Waals surface area contributed by atoms with Crippen LogP contribution < -0.4 is 0 Å². The van der Waals surface area contributed by atoms with E-state index in [1.807, 2.05) is 13.0 Å². The smallest absolute Gasteiger partial charge is 0.371 e. The molecule has 6 nitrogen and oxygen atoms in total. The zero-order valence-corrected chi connectivity index (χ0v) is 11.4. The molecule has 0 aliphatic rings. The maximum absolute atomic E-state index is 12.1. The van der Waals surface area contributed by atoms with Crippen molar-refractivity contribution in [1.29, 1.82) is 0 Å². The normalized spacial score (nSPS) is 12.5. The van der Waals surface area contributed by atoms with Crippen LogP contribution in [0.25, 0.3) is 0 Å². The molecule has 0 aromatic carbocycles. The van der Waals surface area contributed by atoms with E-state index in [9.17, 15) is 9.00 Å². The Hall–Kier alpha value is -1.89. The first kappa shape index (κ1) is 13.5. The first-order chi connectivity index (χ1) is 9.01. The van der Waals surface area contributed by atoms with Crippen LogP contribution >= 0.6 is 0 Å². The number of carboxylic acid groups (broad SMARTS) is 1. The number of carboxylic acids is 1. The Morgan fingerprint density at radius 3 is 2.79 bits per heavy atom. The van der Waals surface area contributed by atoms with Gasteiger partial charge in [-0.1, -0.05) is 6.92 Å². The van der Waals surface area contributed by atoms with Crippen LogP contribution in [0.4, 0.5) is 0 Å². The van der Waals surface area contributed by atoms with E-state index < -0.39 is 16.8 Å². The molecule has 1 unspecified atom stereocenters. The molecule has 0 saturated carbocycles. The summed E-state index contributed by atoms with van der Waals surface area (Å²) in [4.78, 5) is 10.7. The SMILES string of the molecule is CCc1cc(CS(=O)c2ccc(C(=O)O)o2)n(C)n1. The molecule has 102 valence electrons. The van der Waals surface area contributed by atoms with Gasteiger partial charge in [-0.25, -0.2) is 4.79 Å². The summed E-state index contributed by atoms with van der Waals surface area (Å²) in [6, 6.07) is 4.62. The van der Waals surface area contributed by atoms with Crippen molar-refractivity contribution in [2.24, 2.45) is 7.05 Å². The van der Waals surface area contributed by atoms with E-state index in [-0.39, 0.29) is 16.6 Å². The minimum absolute atomic E-state index is 0.164. The third-order valence-corrected chi connectivity index (χ3v) is 3.91. The van der Waals surface area contributed by atoms with E-state index in [2.05, 4.69) is 5.10 Å². The predicted molar refractivity (Wildman–Crippen MR) is 68.4 cm³/mol. The molecular weight excluding hydrogens is 268 g/mol. The summed E-state index contributed by atoms with van der Waals surface area (Å²) < 4.78 is 18.8. The number of aromatic nitrogens is 2. The van der Waals surface area contributed by atoms with Crippen LogP contribution in [0.2, 0.25) is 0 Å². The van der Waals surface area contributed by atoms with Crippen molar-refractivity contribution in [2.45, 2.75) is 24.2 Å². The largest absolute Gasteiger partial charge is 0.475 e. The van der Waals surface area contributed by atoms with Crippen molar-refractivity contribution in [3.8, 4) is 0 Å². The Labute approximate surface area is 112 Å². The van der Waals surface area contributed by atoms with Gasteiger partial charge in [-0.2, -0.15) is 5.10 Å². The quantitative estimate of drug-likeness (QED) is 0.900. The van der Waals surface area contributed by atoms with Crippen LogP contribution in [-0.2, 0) is 30.0 Å². The highest BCUT2D eigenvalue weighted by molar-refractivity contribution is 7.84. The maximum atomic E-state index is 12.1. The summed E-state index contributed by atoms with van der Waals surface area (Å²) in [6.07, 6.45) is 0.810. The number of aromatic carboxylic acids is 1. The van der Waals surface area contributed by atoms with Crippen molar-refractivity contribution < 1.29 is 18.5 Å². The minimum Gasteiger partial charge on any atom is -0.475 e. The predicted octanol–water partition coefficient (Wildman–Crippen LogP) is 1.58. The van der Waals surface area contributed by atoms with Crippen molar-refractivity contribution >= 4 is 16.8 Å². The summed E-state index contributed by atoms with van der Waals surface area (Å²) in [5.74, 6) is -1.13. The Bertz CT molecular complexity index is 629. The van der Waals surface area contributed by atoms with Crippen molar-refractivity contribution in [3.63, 3.8) is 0 Å². The van der Waals surface area contributed by atoms with E-state index in [0.717, 1.165) is 17.8 Å². The van der Waals surface area contributed by atoms with E-state index in [0.29, 0.717) is 0 Å². The highest BCUT2D eigenvalue weighted by atomic mass is 32.2. The number of hydrogen-bond donors (Lipinski definition) is 1. The van der Waals surface area contributed by atoms with Gasteiger partial charge >= 0.3 is 5.97 Å². The third kappa shape index (κ3) is 2.93. The molecule has 0 bridgehead atoms. The Balaban J connectivity index is 2.15. The zero-order chi connectivity index (χ0) is 14.0. The third-order valence-electron chi connectivity index (χ3n) is 2.69. The average molecular weight is 282 g/mol. The molecule has 0 aliphatic heterocycles. The van der Waals surface area contributed by atoms with Crippen LogP contribution in [0.3, 0.4) is 0 Å². The Kier molecular flexibility index (Phi) is 3.84. The van der Waals surface area contributed by atoms with Gasteiger partial charge in [0.2, 0.25) is 5.76 Å². The number of hydrogen-bond acceptors (Lipinski definition) is 4.